The summed E-state index contributed by atoms with van der Waals surface area (Å²) in [5.41, 5.74) is 3.05. The number of alkyl halides is 3. The molecule has 11 heteroatoms. The van der Waals surface area contributed by atoms with Crippen LogP contribution in [0.4, 0.5) is 13.2 Å². The van der Waals surface area contributed by atoms with Gasteiger partial charge in [-0.05, 0) is 36.4 Å². The first-order chi connectivity index (χ1) is 13.3. The zero-order valence-electron chi connectivity index (χ0n) is 14.6. The van der Waals surface area contributed by atoms with E-state index < -0.39 is 17.6 Å². The molecule has 0 saturated carbocycles. The number of carbonyl (C=O) groups is 1. The second kappa shape index (κ2) is 7.94. The number of aromatic nitrogens is 5. The molecule has 0 spiro atoms. The molecule has 0 radical (unpaired) electrons. The minimum Gasteiger partial charge on any atom is -0.271 e. The molecular formula is C17H14F3N7O. The Bertz CT molecular complexity index is 999. The third kappa shape index (κ3) is 4.75. The minimum atomic E-state index is -4.48. The number of nitrogens with one attached hydrogen (secondary N) is 1. The van der Waals surface area contributed by atoms with E-state index in [1.807, 2.05) is 0 Å². The Morgan fingerprint density at radius 2 is 1.96 bits per heavy atom. The Morgan fingerprint density at radius 3 is 2.68 bits per heavy atom. The van der Waals surface area contributed by atoms with Crippen LogP contribution in [0, 0.1) is 0 Å². The Morgan fingerprint density at radius 1 is 1.21 bits per heavy atom. The lowest BCUT2D eigenvalue weighted by atomic mass is 10.1. The van der Waals surface area contributed by atoms with Crippen molar-refractivity contribution in [3.8, 4) is 11.4 Å². The number of tetrazole rings is 1. The normalized spacial score (nSPS) is 12.1. The predicted molar refractivity (Wildman–Crippen MR) is 92.8 cm³/mol. The maximum atomic E-state index is 12.8. The Hall–Kier alpha value is -3.63. The van der Waals surface area contributed by atoms with Gasteiger partial charge >= 0.3 is 6.18 Å². The topological polar surface area (TPSA) is 98.0 Å². The van der Waals surface area contributed by atoms with E-state index >= 15 is 0 Å². The number of pyridine rings is 1. The largest absolute Gasteiger partial charge is 0.416 e. The molecule has 8 nitrogen and oxygen atoms in total. The SMILES string of the molecule is C/C(=N\NC(=O)Cn1nnc(-c2cccc(C(F)(F)F)c2)n1)c1ccncc1. The first-order valence-corrected chi connectivity index (χ1v) is 8.02. The van der Waals surface area contributed by atoms with Crippen LogP contribution in [0.15, 0.2) is 53.9 Å². The Kier molecular flexibility index (Phi) is 5.43. The molecule has 0 fully saturated rings. The van der Waals surface area contributed by atoms with Gasteiger partial charge in [-0.25, -0.2) is 5.43 Å². The quantitative estimate of drug-likeness (QED) is 0.533. The fourth-order valence-electron chi connectivity index (χ4n) is 2.23. The van der Waals surface area contributed by atoms with Gasteiger partial charge in [-0.2, -0.15) is 23.1 Å². The van der Waals surface area contributed by atoms with Gasteiger partial charge in [0.1, 0.15) is 6.54 Å². The van der Waals surface area contributed by atoms with Crippen molar-refractivity contribution in [1.82, 2.24) is 30.6 Å². The van der Waals surface area contributed by atoms with E-state index in [0.717, 1.165) is 22.5 Å². The maximum Gasteiger partial charge on any atom is 0.416 e. The molecule has 1 aromatic carbocycles. The van der Waals surface area contributed by atoms with Gasteiger partial charge in [-0.1, -0.05) is 12.1 Å². The third-order valence-electron chi connectivity index (χ3n) is 3.63. The summed E-state index contributed by atoms with van der Waals surface area (Å²) in [6, 6.07) is 8.03. The molecule has 0 bridgehead atoms. The van der Waals surface area contributed by atoms with E-state index in [1.165, 1.54) is 12.1 Å². The number of benzene rings is 1. The molecule has 0 saturated heterocycles. The van der Waals surface area contributed by atoms with Crippen molar-refractivity contribution >= 4 is 11.6 Å². The van der Waals surface area contributed by atoms with Crippen LogP contribution in [0.1, 0.15) is 18.1 Å². The smallest absolute Gasteiger partial charge is 0.271 e. The number of rotatable bonds is 5. The van der Waals surface area contributed by atoms with E-state index in [1.54, 1.807) is 31.5 Å². The zero-order chi connectivity index (χ0) is 20.1. The van der Waals surface area contributed by atoms with Crippen molar-refractivity contribution in [1.29, 1.82) is 0 Å². The summed E-state index contributed by atoms with van der Waals surface area (Å²) in [4.78, 5) is 16.8. The van der Waals surface area contributed by atoms with Crippen LogP contribution in [0.2, 0.25) is 0 Å². The molecule has 0 aliphatic rings. The van der Waals surface area contributed by atoms with Gasteiger partial charge in [0.2, 0.25) is 5.82 Å². The standard InChI is InChI=1S/C17H14F3N7O/c1-11(12-5-7-21-8-6-12)22-23-15(28)10-27-25-16(24-26-27)13-3-2-4-14(9-13)17(18,19)20/h2-9H,10H2,1H3,(H,23,28)/b22-11+. The van der Waals surface area contributed by atoms with Crippen LogP contribution in [-0.4, -0.2) is 36.8 Å². The second-order valence-corrected chi connectivity index (χ2v) is 5.69. The first kappa shape index (κ1) is 19.1. The van der Waals surface area contributed by atoms with Crippen LogP contribution < -0.4 is 5.43 Å². The fraction of sp³-hybridized carbons (Fsp3) is 0.176. The van der Waals surface area contributed by atoms with Gasteiger partial charge in [-0.15, -0.1) is 10.2 Å². The number of nitrogens with zero attached hydrogens (tertiary/aromatic N) is 6. The summed E-state index contributed by atoms with van der Waals surface area (Å²) in [5, 5.41) is 15.3. The maximum absolute atomic E-state index is 12.8. The van der Waals surface area contributed by atoms with E-state index in [9.17, 15) is 18.0 Å². The van der Waals surface area contributed by atoms with Crippen LogP contribution in [0.25, 0.3) is 11.4 Å². The number of hydrazone groups is 1. The van der Waals surface area contributed by atoms with Crippen molar-refractivity contribution in [3.05, 3.63) is 59.9 Å². The van der Waals surface area contributed by atoms with Crippen molar-refractivity contribution in [2.24, 2.45) is 5.10 Å². The number of hydrogen-bond donors (Lipinski definition) is 1. The highest BCUT2D eigenvalue weighted by atomic mass is 19.4. The lowest BCUT2D eigenvalue weighted by Gasteiger charge is -2.06. The molecule has 0 aliphatic heterocycles. The number of halogens is 3. The van der Waals surface area contributed by atoms with Crippen molar-refractivity contribution in [3.63, 3.8) is 0 Å². The summed E-state index contributed by atoms with van der Waals surface area (Å²) >= 11 is 0. The molecule has 1 N–H and O–H groups in total. The molecule has 3 rings (SSSR count). The fourth-order valence-corrected chi connectivity index (χ4v) is 2.23. The summed E-state index contributed by atoms with van der Waals surface area (Å²) < 4.78 is 38.4. The predicted octanol–water partition coefficient (Wildman–Crippen LogP) is 2.29. The number of amides is 1. The van der Waals surface area contributed by atoms with Crippen molar-refractivity contribution in [2.75, 3.05) is 0 Å². The lowest BCUT2D eigenvalue weighted by molar-refractivity contribution is -0.137. The number of hydrogen-bond acceptors (Lipinski definition) is 6. The Balaban J connectivity index is 1.65. The average Bonchev–Trinajstić information content (AvgIpc) is 3.14. The molecule has 3 aromatic rings. The molecule has 1 amide bonds. The van der Waals surface area contributed by atoms with E-state index in [2.05, 4.69) is 30.9 Å². The molecule has 28 heavy (non-hydrogen) atoms. The van der Waals surface area contributed by atoms with Gasteiger partial charge < -0.3 is 0 Å². The van der Waals surface area contributed by atoms with Crippen LogP contribution in [0.3, 0.4) is 0 Å². The van der Waals surface area contributed by atoms with E-state index in [-0.39, 0.29) is 17.9 Å². The van der Waals surface area contributed by atoms with Crippen molar-refractivity contribution < 1.29 is 18.0 Å². The molecule has 0 unspecified atom stereocenters. The summed E-state index contributed by atoms with van der Waals surface area (Å²) in [6.45, 7) is 1.42. The summed E-state index contributed by atoms with van der Waals surface area (Å²) in [6.07, 6.45) is -1.27. The van der Waals surface area contributed by atoms with Gasteiger partial charge in [0, 0.05) is 23.5 Å². The average molecular weight is 389 g/mol. The third-order valence-corrected chi connectivity index (χ3v) is 3.63. The van der Waals surface area contributed by atoms with Gasteiger partial charge in [0.15, 0.2) is 0 Å². The van der Waals surface area contributed by atoms with Crippen LogP contribution in [-0.2, 0) is 17.5 Å². The second-order valence-electron chi connectivity index (χ2n) is 5.69. The van der Waals surface area contributed by atoms with Gasteiger partial charge in [0.25, 0.3) is 5.91 Å². The first-order valence-electron chi connectivity index (χ1n) is 8.02. The van der Waals surface area contributed by atoms with Crippen LogP contribution in [0.5, 0.6) is 0 Å². The van der Waals surface area contributed by atoms with E-state index in [4.69, 9.17) is 0 Å². The monoisotopic (exact) mass is 389 g/mol. The molecule has 0 atom stereocenters. The highest BCUT2D eigenvalue weighted by Crippen LogP contribution is 2.31. The zero-order valence-corrected chi connectivity index (χ0v) is 14.6. The highest BCUT2D eigenvalue weighted by Gasteiger charge is 2.30. The van der Waals surface area contributed by atoms with Crippen LogP contribution >= 0.6 is 0 Å². The van der Waals surface area contributed by atoms with Gasteiger partial charge in [-0.3, -0.25) is 9.78 Å². The molecule has 2 heterocycles. The molecule has 144 valence electrons. The number of carbonyl (C=O) groups excluding carboxylic acids is 1. The van der Waals surface area contributed by atoms with Gasteiger partial charge in [0.05, 0.1) is 11.3 Å². The summed E-state index contributed by atoms with van der Waals surface area (Å²) in [5.74, 6) is -0.531. The van der Waals surface area contributed by atoms with E-state index in [0.29, 0.717) is 5.71 Å². The highest BCUT2D eigenvalue weighted by molar-refractivity contribution is 5.99. The Labute approximate surface area is 157 Å². The minimum absolute atomic E-state index is 0.0182. The van der Waals surface area contributed by atoms with Crippen molar-refractivity contribution in [2.45, 2.75) is 19.6 Å². The molecule has 2 aromatic heterocycles. The lowest BCUT2D eigenvalue weighted by Crippen LogP contribution is -2.25. The molecular weight excluding hydrogens is 375 g/mol. The molecule has 0 aliphatic carbocycles. The summed E-state index contributed by atoms with van der Waals surface area (Å²) in [7, 11) is 0.